The molecule has 0 aliphatic rings. The van der Waals surface area contributed by atoms with Crippen molar-refractivity contribution in [2.45, 2.75) is 44.6 Å². The number of unbranched alkanes of at least 4 members (excludes halogenated alkanes) is 2. The van der Waals surface area contributed by atoms with Crippen molar-refractivity contribution in [3.8, 4) is 0 Å². The van der Waals surface area contributed by atoms with E-state index in [1.165, 1.54) is 11.3 Å². The number of nitrogens with one attached hydrogen (secondary N) is 2. The number of methoxy groups -OCH3 is 1. The molecule has 1 rings (SSSR count). The van der Waals surface area contributed by atoms with E-state index in [1.807, 2.05) is 13.8 Å². The number of sulfonamides is 1. The Kier molecular flexibility index (Phi) is 8.43. The van der Waals surface area contributed by atoms with Gasteiger partial charge in [0.25, 0.3) is 0 Å². The molecule has 0 atom stereocenters. The third kappa shape index (κ3) is 6.44. The third-order valence-corrected chi connectivity index (χ3v) is 5.85. The molecule has 0 radical (unpaired) electrons. The van der Waals surface area contributed by atoms with E-state index >= 15 is 0 Å². The van der Waals surface area contributed by atoms with Crippen molar-refractivity contribution in [1.29, 1.82) is 0 Å². The molecule has 0 bridgehead atoms. The number of rotatable bonds is 11. The number of ether oxygens (including phenoxy) is 1. The lowest BCUT2D eigenvalue weighted by Gasteiger charge is -2.06. The van der Waals surface area contributed by atoms with Gasteiger partial charge >= 0.3 is 0 Å². The molecule has 0 aliphatic heterocycles. The van der Waals surface area contributed by atoms with Crippen LogP contribution in [0.15, 0.2) is 11.0 Å². The van der Waals surface area contributed by atoms with Crippen LogP contribution in [0.1, 0.15) is 35.9 Å². The van der Waals surface area contributed by atoms with E-state index in [2.05, 4.69) is 10.0 Å². The first-order chi connectivity index (χ1) is 10.0. The summed E-state index contributed by atoms with van der Waals surface area (Å²) < 4.78 is 32.2. The van der Waals surface area contributed by atoms with Gasteiger partial charge in [-0.2, -0.15) is 0 Å². The molecular formula is C14H26N2O3S2. The van der Waals surface area contributed by atoms with Gasteiger partial charge in [-0.1, -0.05) is 6.92 Å². The van der Waals surface area contributed by atoms with Gasteiger partial charge < -0.3 is 10.1 Å². The summed E-state index contributed by atoms with van der Waals surface area (Å²) in [6.07, 6.45) is 2.75. The highest BCUT2D eigenvalue weighted by Crippen LogP contribution is 2.25. The summed E-state index contributed by atoms with van der Waals surface area (Å²) >= 11 is 1.53. The minimum Gasteiger partial charge on any atom is -0.385 e. The molecule has 1 heterocycles. The van der Waals surface area contributed by atoms with Gasteiger partial charge in [0.05, 0.1) is 4.90 Å². The number of thiophene rings is 1. The molecule has 0 spiro atoms. The molecule has 1 aromatic heterocycles. The van der Waals surface area contributed by atoms with Crippen molar-refractivity contribution in [2.75, 3.05) is 26.8 Å². The average Bonchev–Trinajstić information content (AvgIpc) is 2.82. The van der Waals surface area contributed by atoms with Gasteiger partial charge in [-0.15, -0.1) is 11.3 Å². The maximum Gasteiger partial charge on any atom is 0.241 e. The Balaban J connectivity index is 2.51. The number of aryl methyl sites for hydroxylation is 1. The Morgan fingerprint density at radius 3 is 2.71 bits per heavy atom. The van der Waals surface area contributed by atoms with Crippen LogP contribution in [0.25, 0.3) is 0 Å². The van der Waals surface area contributed by atoms with Gasteiger partial charge in [-0.05, 0) is 38.8 Å². The highest BCUT2D eigenvalue weighted by molar-refractivity contribution is 7.89. The van der Waals surface area contributed by atoms with E-state index in [1.54, 1.807) is 13.2 Å². The van der Waals surface area contributed by atoms with Crippen molar-refractivity contribution >= 4 is 21.4 Å². The van der Waals surface area contributed by atoms with Crippen LogP contribution in [-0.2, 0) is 21.3 Å². The van der Waals surface area contributed by atoms with Crippen molar-refractivity contribution in [3.63, 3.8) is 0 Å². The van der Waals surface area contributed by atoms with Gasteiger partial charge in [-0.3, -0.25) is 0 Å². The maximum absolute atomic E-state index is 12.3. The summed E-state index contributed by atoms with van der Waals surface area (Å²) in [5, 5.41) is 3.21. The van der Waals surface area contributed by atoms with Crippen LogP contribution >= 0.6 is 11.3 Å². The topological polar surface area (TPSA) is 67.4 Å². The van der Waals surface area contributed by atoms with E-state index in [9.17, 15) is 8.42 Å². The van der Waals surface area contributed by atoms with Crippen molar-refractivity contribution < 1.29 is 13.2 Å². The summed E-state index contributed by atoms with van der Waals surface area (Å²) in [6.45, 7) is 6.68. The molecular weight excluding hydrogens is 308 g/mol. The second kappa shape index (κ2) is 9.53. The monoisotopic (exact) mass is 334 g/mol. The highest BCUT2D eigenvalue weighted by atomic mass is 32.2. The van der Waals surface area contributed by atoms with Gasteiger partial charge in [0.1, 0.15) is 0 Å². The zero-order valence-electron chi connectivity index (χ0n) is 13.1. The smallest absolute Gasteiger partial charge is 0.241 e. The molecule has 7 heteroatoms. The molecule has 21 heavy (non-hydrogen) atoms. The fraction of sp³-hybridized carbons (Fsp3) is 0.714. The van der Waals surface area contributed by atoms with Crippen LogP contribution in [0.5, 0.6) is 0 Å². The lowest BCUT2D eigenvalue weighted by atomic mass is 10.2. The van der Waals surface area contributed by atoms with Gasteiger partial charge in [0, 0.05) is 36.6 Å². The number of hydrogen-bond donors (Lipinski definition) is 2. The fourth-order valence-corrected chi connectivity index (χ4v) is 4.64. The molecule has 0 saturated heterocycles. The first-order valence-corrected chi connectivity index (χ1v) is 9.60. The Morgan fingerprint density at radius 2 is 2.05 bits per heavy atom. The summed E-state index contributed by atoms with van der Waals surface area (Å²) in [5.74, 6) is 0. The Hall–Kier alpha value is -0.470. The molecule has 0 aliphatic carbocycles. The molecule has 122 valence electrons. The Bertz CT molecular complexity index is 512. The maximum atomic E-state index is 12.3. The van der Waals surface area contributed by atoms with E-state index in [4.69, 9.17) is 4.74 Å². The Labute approximate surface area is 132 Å². The first kappa shape index (κ1) is 18.6. The van der Waals surface area contributed by atoms with Crippen molar-refractivity contribution in [2.24, 2.45) is 0 Å². The molecule has 0 saturated carbocycles. The molecule has 0 amide bonds. The van der Waals surface area contributed by atoms with Crippen LogP contribution in [0, 0.1) is 6.92 Å². The molecule has 0 unspecified atom stereocenters. The quantitative estimate of drug-likeness (QED) is 0.609. The largest absolute Gasteiger partial charge is 0.385 e. The summed E-state index contributed by atoms with van der Waals surface area (Å²) in [6, 6.07) is 1.77. The summed E-state index contributed by atoms with van der Waals surface area (Å²) in [4.78, 5) is 2.31. The summed E-state index contributed by atoms with van der Waals surface area (Å²) in [5.41, 5.74) is 0. The van der Waals surface area contributed by atoms with Gasteiger partial charge in [0.2, 0.25) is 10.0 Å². The third-order valence-electron chi connectivity index (χ3n) is 3.08. The normalized spacial score (nSPS) is 12.0. The standard InChI is InChI=1S/C14H26N2O3S2/c1-4-15-11-13-10-14(12(2)20-13)21(17,18)16-8-6-5-7-9-19-3/h10,15-16H,4-9,11H2,1-3H3. The predicted octanol–water partition coefficient (Wildman–Crippen LogP) is 2.26. The lowest BCUT2D eigenvalue weighted by molar-refractivity contribution is 0.192. The van der Waals surface area contributed by atoms with Crippen LogP contribution < -0.4 is 10.0 Å². The molecule has 0 aromatic carbocycles. The van der Waals surface area contributed by atoms with Crippen LogP contribution in [0.2, 0.25) is 0 Å². The van der Waals surface area contributed by atoms with Crippen LogP contribution in [0.3, 0.4) is 0 Å². The Morgan fingerprint density at radius 1 is 1.29 bits per heavy atom. The number of hydrogen-bond acceptors (Lipinski definition) is 5. The second-order valence-corrected chi connectivity index (χ2v) is 7.94. The fourth-order valence-electron chi connectivity index (χ4n) is 1.96. The molecule has 0 fully saturated rings. The van der Waals surface area contributed by atoms with Crippen LogP contribution in [0.4, 0.5) is 0 Å². The minimum atomic E-state index is -3.39. The highest BCUT2D eigenvalue weighted by Gasteiger charge is 2.19. The van der Waals surface area contributed by atoms with E-state index in [0.29, 0.717) is 18.0 Å². The summed E-state index contributed by atoms with van der Waals surface area (Å²) in [7, 11) is -1.71. The zero-order chi connectivity index (χ0) is 15.7. The zero-order valence-corrected chi connectivity index (χ0v) is 14.7. The van der Waals surface area contributed by atoms with Gasteiger partial charge in [-0.25, -0.2) is 13.1 Å². The SMILES string of the molecule is CCNCc1cc(S(=O)(=O)NCCCCCOC)c(C)s1. The molecule has 5 nitrogen and oxygen atoms in total. The van der Waals surface area contributed by atoms with Crippen LogP contribution in [-0.4, -0.2) is 35.2 Å². The van der Waals surface area contributed by atoms with Crippen molar-refractivity contribution in [3.05, 3.63) is 15.8 Å². The van der Waals surface area contributed by atoms with E-state index in [0.717, 1.165) is 42.2 Å². The minimum absolute atomic E-state index is 0.414. The average molecular weight is 335 g/mol. The molecule has 1 aromatic rings. The first-order valence-electron chi connectivity index (χ1n) is 7.30. The molecule has 2 N–H and O–H groups in total. The second-order valence-electron chi connectivity index (χ2n) is 4.86. The van der Waals surface area contributed by atoms with E-state index in [-0.39, 0.29) is 0 Å². The predicted molar refractivity (Wildman–Crippen MR) is 87.4 cm³/mol. The van der Waals surface area contributed by atoms with Crippen molar-refractivity contribution in [1.82, 2.24) is 10.0 Å². The lowest BCUT2D eigenvalue weighted by Crippen LogP contribution is -2.25. The van der Waals surface area contributed by atoms with Gasteiger partial charge in [0.15, 0.2) is 0 Å². The van der Waals surface area contributed by atoms with E-state index < -0.39 is 10.0 Å².